The monoisotopic (exact) mass is 386 g/mol. The number of nitrogens with zero attached hydrogens (tertiary/aromatic N) is 1. The van der Waals surface area contributed by atoms with Gasteiger partial charge in [-0.15, -0.1) is 0 Å². The van der Waals surface area contributed by atoms with Crippen molar-refractivity contribution in [2.24, 2.45) is 4.99 Å². The molecule has 0 aromatic heterocycles. The number of benzene rings is 1. The third-order valence-electron chi connectivity index (χ3n) is 3.67. The van der Waals surface area contributed by atoms with Crippen LogP contribution in [0.25, 0.3) is 0 Å². The first kappa shape index (κ1) is 21.9. The Morgan fingerprint density at radius 3 is 2.50 bits per heavy atom. The van der Waals surface area contributed by atoms with E-state index in [1.807, 2.05) is 6.92 Å². The van der Waals surface area contributed by atoms with Crippen LogP contribution in [0.3, 0.4) is 0 Å². The third kappa shape index (κ3) is 8.28. The Bertz CT molecular complexity index is 750. The number of guanidine groups is 1. The van der Waals surface area contributed by atoms with Crippen molar-refractivity contribution in [3.63, 3.8) is 0 Å². The van der Waals surface area contributed by atoms with Crippen LogP contribution in [0.15, 0.2) is 23.2 Å². The summed E-state index contributed by atoms with van der Waals surface area (Å²) in [6.07, 6.45) is 1.67. The van der Waals surface area contributed by atoms with Gasteiger partial charge in [0.2, 0.25) is 0 Å². The number of aliphatic imine (C=N–C) groups is 1. The summed E-state index contributed by atoms with van der Waals surface area (Å²) in [7, 11) is -1.40. The average molecular weight is 386 g/mol. The summed E-state index contributed by atoms with van der Waals surface area (Å²) in [6.45, 7) is 4.24. The average Bonchev–Trinajstić information content (AvgIpc) is 2.57. The van der Waals surface area contributed by atoms with Gasteiger partial charge in [-0.25, -0.2) is 12.8 Å². The van der Waals surface area contributed by atoms with Gasteiger partial charge in [-0.2, -0.15) is 0 Å². The minimum Gasteiger partial charge on any atom is -0.355 e. The van der Waals surface area contributed by atoms with E-state index < -0.39 is 15.7 Å². The zero-order valence-electron chi connectivity index (χ0n) is 15.6. The first-order valence-electron chi connectivity index (χ1n) is 8.31. The maximum Gasteiger partial charge on any atom is 0.251 e. The Labute approximate surface area is 154 Å². The lowest BCUT2D eigenvalue weighted by molar-refractivity contribution is 0.0954. The molecule has 0 aliphatic carbocycles. The molecule has 1 atom stereocenters. The van der Waals surface area contributed by atoms with Gasteiger partial charge in [0, 0.05) is 38.0 Å². The molecule has 0 aliphatic rings. The molecule has 9 heteroatoms. The second-order valence-electron chi connectivity index (χ2n) is 6.18. The van der Waals surface area contributed by atoms with Gasteiger partial charge in [-0.05, 0) is 38.0 Å². The minimum absolute atomic E-state index is 0.0685. The molecule has 7 nitrogen and oxygen atoms in total. The predicted octanol–water partition coefficient (Wildman–Crippen LogP) is 0.852. The van der Waals surface area contributed by atoms with Crippen LogP contribution < -0.4 is 16.0 Å². The van der Waals surface area contributed by atoms with Crippen molar-refractivity contribution in [2.45, 2.75) is 26.3 Å². The van der Waals surface area contributed by atoms with E-state index in [1.165, 1.54) is 12.3 Å². The highest BCUT2D eigenvalue weighted by Crippen LogP contribution is 2.08. The van der Waals surface area contributed by atoms with Crippen molar-refractivity contribution in [1.82, 2.24) is 16.0 Å². The number of nitrogens with one attached hydrogen (secondary N) is 3. The van der Waals surface area contributed by atoms with Gasteiger partial charge in [-0.3, -0.25) is 9.79 Å². The summed E-state index contributed by atoms with van der Waals surface area (Å²) in [5.41, 5.74) is 0.757. The number of carbonyl (C=O) groups is 1. The molecule has 1 amide bonds. The maximum absolute atomic E-state index is 13.5. The molecule has 3 N–H and O–H groups in total. The van der Waals surface area contributed by atoms with Crippen LogP contribution in [-0.4, -0.2) is 58.5 Å². The van der Waals surface area contributed by atoms with Crippen molar-refractivity contribution >= 4 is 21.7 Å². The fourth-order valence-corrected chi connectivity index (χ4v) is 2.87. The molecule has 0 bridgehead atoms. The van der Waals surface area contributed by atoms with Gasteiger partial charge in [0.25, 0.3) is 5.91 Å². The zero-order valence-corrected chi connectivity index (χ0v) is 16.4. The van der Waals surface area contributed by atoms with Gasteiger partial charge in [0.1, 0.15) is 15.7 Å². The second-order valence-corrected chi connectivity index (χ2v) is 8.44. The summed E-state index contributed by atoms with van der Waals surface area (Å²) in [5, 5.41) is 8.80. The summed E-state index contributed by atoms with van der Waals surface area (Å²) >= 11 is 0. The lowest BCUT2D eigenvalue weighted by Crippen LogP contribution is -2.45. The normalized spacial score (nSPS) is 13.2. The molecular formula is C17H27FN4O3S. The number of sulfone groups is 1. The summed E-state index contributed by atoms with van der Waals surface area (Å²) in [6, 6.07) is 4.28. The quantitative estimate of drug-likeness (QED) is 0.349. The third-order valence-corrected chi connectivity index (χ3v) is 4.64. The Balaban J connectivity index is 2.36. The summed E-state index contributed by atoms with van der Waals surface area (Å²) in [5.74, 6) is -0.151. The molecule has 0 saturated heterocycles. The molecule has 26 heavy (non-hydrogen) atoms. The Morgan fingerprint density at radius 2 is 1.92 bits per heavy atom. The molecule has 1 rings (SSSR count). The number of halogens is 1. The smallest absolute Gasteiger partial charge is 0.251 e. The molecule has 146 valence electrons. The van der Waals surface area contributed by atoms with E-state index in [0.29, 0.717) is 31.0 Å². The molecule has 0 spiro atoms. The van der Waals surface area contributed by atoms with E-state index >= 15 is 0 Å². The zero-order chi connectivity index (χ0) is 19.7. The minimum atomic E-state index is -3.00. The maximum atomic E-state index is 13.5. The second kappa shape index (κ2) is 10.1. The number of carbonyl (C=O) groups excluding carboxylic acids is 1. The van der Waals surface area contributed by atoms with Crippen LogP contribution in [-0.2, 0) is 9.84 Å². The van der Waals surface area contributed by atoms with Crippen LogP contribution in [0.5, 0.6) is 0 Å². The standard InChI is InChI=1S/C17H27FN4O3S/c1-12-5-6-14(11-15(12)18)16(23)20-8-9-21-17(19-3)22-13(2)7-10-26(4,24)25/h5-6,11,13H,7-10H2,1-4H3,(H,20,23)(H2,19,21,22). The van der Waals surface area contributed by atoms with E-state index in [-0.39, 0.29) is 23.3 Å². The summed E-state index contributed by atoms with van der Waals surface area (Å²) < 4.78 is 35.9. The van der Waals surface area contributed by atoms with Crippen LogP contribution in [0.2, 0.25) is 0 Å². The summed E-state index contributed by atoms with van der Waals surface area (Å²) in [4.78, 5) is 16.0. The van der Waals surface area contributed by atoms with Gasteiger partial charge in [-0.1, -0.05) is 6.07 Å². The number of amides is 1. The van der Waals surface area contributed by atoms with Gasteiger partial charge < -0.3 is 16.0 Å². The first-order chi connectivity index (χ1) is 12.1. The number of hydrogen-bond donors (Lipinski definition) is 3. The van der Waals surface area contributed by atoms with Crippen molar-refractivity contribution < 1.29 is 17.6 Å². The number of rotatable bonds is 8. The van der Waals surface area contributed by atoms with Crippen LogP contribution >= 0.6 is 0 Å². The molecule has 0 saturated carbocycles. The molecule has 1 unspecified atom stereocenters. The molecule has 0 radical (unpaired) electrons. The van der Waals surface area contributed by atoms with Crippen molar-refractivity contribution in [2.75, 3.05) is 32.1 Å². The Hall–Kier alpha value is -2.16. The highest BCUT2D eigenvalue weighted by molar-refractivity contribution is 7.90. The van der Waals surface area contributed by atoms with Gasteiger partial charge in [0.15, 0.2) is 5.96 Å². The highest BCUT2D eigenvalue weighted by atomic mass is 32.2. The fraction of sp³-hybridized carbons (Fsp3) is 0.529. The first-order valence-corrected chi connectivity index (χ1v) is 10.4. The highest BCUT2D eigenvalue weighted by Gasteiger charge is 2.10. The van der Waals surface area contributed by atoms with Crippen LogP contribution in [0.4, 0.5) is 4.39 Å². The van der Waals surface area contributed by atoms with Crippen molar-refractivity contribution in [1.29, 1.82) is 0 Å². The van der Waals surface area contributed by atoms with Crippen LogP contribution in [0, 0.1) is 12.7 Å². The van der Waals surface area contributed by atoms with Gasteiger partial charge >= 0.3 is 0 Å². The number of aryl methyl sites for hydroxylation is 1. The molecule has 0 aliphatic heterocycles. The lowest BCUT2D eigenvalue weighted by Gasteiger charge is -2.17. The molecular weight excluding hydrogens is 359 g/mol. The number of hydrogen-bond acceptors (Lipinski definition) is 4. The van der Waals surface area contributed by atoms with E-state index in [2.05, 4.69) is 20.9 Å². The molecule has 1 aromatic rings. The molecule has 0 heterocycles. The SMILES string of the molecule is CN=C(NCCNC(=O)c1ccc(C)c(F)c1)NC(C)CCS(C)(=O)=O. The van der Waals surface area contributed by atoms with Gasteiger partial charge in [0.05, 0.1) is 5.75 Å². The van der Waals surface area contributed by atoms with Crippen molar-refractivity contribution in [3.8, 4) is 0 Å². The van der Waals surface area contributed by atoms with Crippen LogP contribution in [0.1, 0.15) is 29.3 Å². The predicted molar refractivity (Wildman–Crippen MR) is 102 cm³/mol. The Morgan fingerprint density at radius 1 is 1.27 bits per heavy atom. The topological polar surface area (TPSA) is 99.7 Å². The largest absolute Gasteiger partial charge is 0.355 e. The molecule has 0 fully saturated rings. The van der Waals surface area contributed by atoms with E-state index in [9.17, 15) is 17.6 Å². The molecule has 1 aromatic carbocycles. The van der Waals surface area contributed by atoms with E-state index in [4.69, 9.17) is 0 Å². The van der Waals surface area contributed by atoms with E-state index in [1.54, 1.807) is 26.1 Å². The van der Waals surface area contributed by atoms with Crippen molar-refractivity contribution in [3.05, 3.63) is 35.1 Å². The lowest BCUT2D eigenvalue weighted by atomic mass is 10.1. The van der Waals surface area contributed by atoms with E-state index in [0.717, 1.165) is 0 Å². The Kier molecular flexibility index (Phi) is 8.50. The fourth-order valence-electron chi connectivity index (χ4n) is 2.08.